The van der Waals surface area contributed by atoms with E-state index in [0.717, 1.165) is 16.7 Å². The lowest BCUT2D eigenvalue weighted by Crippen LogP contribution is -2.32. The fourth-order valence-corrected chi connectivity index (χ4v) is 4.61. The van der Waals surface area contributed by atoms with Crippen molar-refractivity contribution in [3.63, 3.8) is 0 Å². The number of hydrogen-bond donors (Lipinski definition) is 1. The van der Waals surface area contributed by atoms with Crippen LogP contribution in [0.2, 0.25) is 0 Å². The Balaban J connectivity index is 1.33. The van der Waals surface area contributed by atoms with Gasteiger partial charge in [0, 0.05) is 6.54 Å². The molecule has 182 valence electrons. The van der Waals surface area contributed by atoms with Crippen LogP contribution in [-0.2, 0) is 16.1 Å². The summed E-state index contributed by atoms with van der Waals surface area (Å²) < 4.78 is 10.8. The lowest BCUT2D eigenvalue weighted by molar-refractivity contribution is -0.118. The molecule has 2 amide bonds. The van der Waals surface area contributed by atoms with Crippen LogP contribution in [0.25, 0.3) is 6.08 Å². The number of amidine groups is 1. The fourth-order valence-electron chi connectivity index (χ4n) is 3.76. The van der Waals surface area contributed by atoms with Crippen molar-refractivity contribution in [2.45, 2.75) is 20.4 Å². The molecule has 3 aromatic carbocycles. The second-order valence-electron chi connectivity index (χ2n) is 8.56. The van der Waals surface area contributed by atoms with Crippen molar-refractivity contribution in [1.29, 1.82) is 0 Å². The third-order valence-corrected chi connectivity index (χ3v) is 6.70. The number of nitrogens with one attached hydrogen (secondary N) is 1. The Kier molecular flexibility index (Phi) is 6.77. The summed E-state index contributed by atoms with van der Waals surface area (Å²) in [5.41, 5.74) is 5.05. The van der Waals surface area contributed by atoms with Crippen LogP contribution in [0.1, 0.15) is 22.3 Å². The zero-order chi connectivity index (χ0) is 25.1. The summed E-state index contributed by atoms with van der Waals surface area (Å²) >= 11 is 1.23. The van der Waals surface area contributed by atoms with Crippen molar-refractivity contribution in [3.05, 3.63) is 94.7 Å². The molecule has 5 rings (SSSR count). The quantitative estimate of drug-likeness (QED) is 0.492. The average molecular weight is 500 g/mol. The van der Waals surface area contributed by atoms with Gasteiger partial charge in [0.05, 0.1) is 11.4 Å². The number of nitrogens with zero attached hydrogens (tertiary/aromatic N) is 2. The molecule has 0 aliphatic carbocycles. The molecular formula is C28H25N3O4S. The molecule has 0 atom stereocenters. The topological polar surface area (TPSA) is 80.2 Å². The molecule has 2 aliphatic heterocycles. The van der Waals surface area contributed by atoms with Gasteiger partial charge in [-0.1, -0.05) is 65.4 Å². The maximum Gasteiger partial charge on any atom is 0.283 e. The molecule has 0 fully saturated rings. The van der Waals surface area contributed by atoms with Crippen LogP contribution in [0.4, 0.5) is 5.69 Å². The van der Waals surface area contributed by atoms with E-state index in [9.17, 15) is 9.59 Å². The maximum absolute atomic E-state index is 13.4. The monoisotopic (exact) mass is 499 g/mol. The van der Waals surface area contributed by atoms with Crippen LogP contribution in [-0.4, -0.2) is 29.5 Å². The first-order valence-electron chi connectivity index (χ1n) is 11.5. The van der Waals surface area contributed by atoms with Crippen molar-refractivity contribution in [1.82, 2.24) is 5.32 Å². The third kappa shape index (κ3) is 5.28. The molecule has 0 unspecified atom stereocenters. The number of anilines is 1. The number of aryl methyl sites for hydroxylation is 2. The highest BCUT2D eigenvalue weighted by atomic mass is 32.2. The number of ether oxygens (including phenoxy) is 2. The van der Waals surface area contributed by atoms with Gasteiger partial charge in [-0.15, -0.1) is 0 Å². The number of amides is 2. The van der Waals surface area contributed by atoms with Crippen molar-refractivity contribution in [2.24, 2.45) is 4.99 Å². The van der Waals surface area contributed by atoms with E-state index < -0.39 is 0 Å². The number of thioether (sulfide) groups is 1. The van der Waals surface area contributed by atoms with Gasteiger partial charge in [-0.3, -0.25) is 14.5 Å². The van der Waals surface area contributed by atoms with Crippen LogP contribution in [0.3, 0.4) is 0 Å². The van der Waals surface area contributed by atoms with E-state index in [1.807, 2.05) is 80.6 Å². The summed E-state index contributed by atoms with van der Waals surface area (Å²) in [5.74, 6) is 1.06. The summed E-state index contributed by atoms with van der Waals surface area (Å²) in [7, 11) is 0. The number of carbonyl (C=O) groups is 2. The van der Waals surface area contributed by atoms with E-state index in [1.165, 1.54) is 17.3 Å². The van der Waals surface area contributed by atoms with E-state index in [4.69, 9.17) is 9.47 Å². The summed E-state index contributed by atoms with van der Waals surface area (Å²) in [5, 5.41) is 3.39. The van der Waals surface area contributed by atoms with E-state index in [2.05, 4.69) is 10.3 Å². The number of benzene rings is 3. The number of rotatable bonds is 6. The van der Waals surface area contributed by atoms with Crippen LogP contribution < -0.4 is 19.7 Å². The average Bonchev–Trinajstić information content (AvgIpc) is 3.47. The minimum absolute atomic E-state index is 0.132. The molecule has 0 aromatic heterocycles. The zero-order valence-corrected chi connectivity index (χ0v) is 20.8. The predicted octanol–water partition coefficient (Wildman–Crippen LogP) is 4.83. The molecule has 0 radical (unpaired) electrons. The molecule has 0 bridgehead atoms. The first kappa shape index (κ1) is 23.7. The van der Waals surface area contributed by atoms with E-state index in [1.54, 1.807) is 11.0 Å². The minimum atomic E-state index is -0.251. The highest BCUT2D eigenvalue weighted by Gasteiger charge is 2.32. The molecule has 3 aromatic rings. The molecule has 0 spiro atoms. The first-order chi connectivity index (χ1) is 17.5. The number of hydrogen-bond acceptors (Lipinski definition) is 6. The molecule has 1 N–H and O–H groups in total. The van der Waals surface area contributed by atoms with Crippen LogP contribution in [0.5, 0.6) is 11.5 Å². The predicted molar refractivity (Wildman–Crippen MR) is 142 cm³/mol. The SMILES string of the molecule is Cc1ccc(CNC(=O)CSC2=NC(=Cc3ccc4c(c3)OCO4)C(=O)N2c2ccc(C)cc2)cc1. The van der Waals surface area contributed by atoms with Crippen LogP contribution in [0, 0.1) is 13.8 Å². The van der Waals surface area contributed by atoms with Crippen LogP contribution >= 0.6 is 11.8 Å². The molecular weight excluding hydrogens is 474 g/mol. The lowest BCUT2D eigenvalue weighted by Gasteiger charge is -2.18. The molecule has 2 heterocycles. The van der Waals surface area contributed by atoms with Gasteiger partial charge in [-0.05, 0) is 55.3 Å². The highest BCUT2D eigenvalue weighted by molar-refractivity contribution is 8.14. The molecule has 36 heavy (non-hydrogen) atoms. The fraction of sp³-hybridized carbons (Fsp3) is 0.179. The Morgan fingerprint density at radius 3 is 2.44 bits per heavy atom. The number of carbonyl (C=O) groups excluding carboxylic acids is 2. The standard InChI is InChI=1S/C28H25N3O4S/c1-18-3-7-20(8-4-18)15-29-26(32)16-36-28-30-23(13-21-9-12-24-25(14-21)35-17-34-24)27(33)31(28)22-10-5-19(2)6-11-22/h3-14H,15-17H2,1-2H3,(H,29,32). The Bertz CT molecular complexity index is 1360. The summed E-state index contributed by atoms with van der Waals surface area (Å²) in [6.45, 7) is 4.64. The Morgan fingerprint density at radius 1 is 1.00 bits per heavy atom. The van der Waals surface area contributed by atoms with Crippen molar-refractivity contribution in [3.8, 4) is 11.5 Å². The highest BCUT2D eigenvalue weighted by Crippen LogP contribution is 2.34. The van der Waals surface area contributed by atoms with Crippen molar-refractivity contribution in [2.75, 3.05) is 17.4 Å². The second-order valence-corrected chi connectivity index (χ2v) is 9.51. The minimum Gasteiger partial charge on any atom is -0.454 e. The summed E-state index contributed by atoms with van der Waals surface area (Å²) in [6, 6.07) is 21.1. The Labute approximate surface area is 213 Å². The van der Waals surface area contributed by atoms with Gasteiger partial charge in [0.25, 0.3) is 5.91 Å². The summed E-state index contributed by atoms with van der Waals surface area (Å²) in [6.07, 6.45) is 1.72. The number of fused-ring (bicyclic) bond motifs is 1. The normalized spacial score (nSPS) is 15.4. The first-order valence-corrected chi connectivity index (χ1v) is 12.5. The van der Waals surface area contributed by atoms with Crippen molar-refractivity contribution >= 4 is 40.5 Å². The van der Waals surface area contributed by atoms with Gasteiger partial charge in [0.2, 0.25) is 12.7 Å². The van der Waals surface area contributed by atoms with Gasteiger partial charge in [0.1, 0.15) is 5.70 Å². The van der Waals surface area contributed by atoms with E-state index in [-0.39, 0.29) is 30.1 Å². The smallest absolute Gasteiger partial charge is 0.283 e. The summed E-state index contributed by atoms with van der Waals surface area (Å²) in [4.78, 5) is 32.1. The molecule has 7 nitrogen and oxygen atoms in total. The Morgan fingerprint density at radius 2 is 1.69 bits per heavy atom. The van der Waals surface area contributed by atoms with Gasteiger partial charge in [-0.25, -0.2) is 4.99 Å². The van der Waals surface area contributed by atoms with Gasteiger partial charge < -0.3 is 14.8 Å². The molecule has 0 saturated heterocycles. The molecule has 0 saturated carbocycles. The maximum atomic E-state index is 13.4. The van der Waals surface area contributed by atoms with Gasteiger partial charge >= 0.3 is 0 Å². The largest absolute Gasteiger partial charge is 0.454 e. The third-order valence-electron chi connectivity index (χ3n) is 5.76. The molecule has 8 heteroatoms. The van der Waals surface area contributed by atoms with Crippen LogP contribution in [0.15, 0.2) is 77.4 Å². The van der Waals surface area contributed by atoms with Gasteiger partial charge in [0.15, 0.2) is 16.7 Å². The van der Waals surface area contributed by atoms with E-state index in [0.29, 0.717) is 28.9 Å². The van der Waals surface area contributed by atoms with Gasteiger partial charge in [-0.2, -0.15) is 0 Å². The second kappa shape index (κ2) is 10.3. The zero-order valence-electron chi connectivity index (χ0n) is 20.0. The number of aliphatic imine (C=N–C) groups is 1. The Hall–Kier alpha value is -4.04. The van der Waals surface area contributed by atoms with E-state index >= 15 is 0 Å². The molecule has 2 aliphatic rings. The van der Waals surface area contributed by atoms with Crippen molar-refractivity contribution < 1.29 is 19.1 Å². The lowest BCUT2D eigenvalue weighted by atomic mass is 10.1.